The molecule has 2 aromatic rings. The molecule has 0 aliphatic heterocycles. The van der Waals surface area contributed by atoms with E-state index in [0.717, 1.165) is 23.1 Å². The number of halogens is 3. The van der Waals surface area contributed by atoms with E-state index in [2.05, 4.69) is 10.3 Å². The van der Waals surface area contributed by atoms with Crippen LogP contribution in [0.1, 0.15) is 4.88 Å². The van der Waals surface area contributed by atoms with Crippen LogP contribution >= 0.6 is 22.9 Å². The highest BCUT2D eigenvalue weighted by molar-refractivity contribution is 7.15. The van der Waals surface area contributed by atoms with Crippen LogP contribution in [0.15, 0.2) is 24.4 Å². The maximum Gasteiger partial charge on any atom is 0.183 e. The van der Waals surface area contributed by atoms with Crippen molar-refractivity contribution in [3.63, 3.8) is 0 Å². The lowest BCUT2D eigenvalue weighted by Crippen LogP contribution is -2.00. The normalized spacial score (nSPS) is 10.4. The highest BCUT2D eigenvalue weighted by Crippen LogP contribution is 2.20. The zero-order chi connectivity index (χ0) is 11.5. The van der Waals surface area contributed by atoms with Crippen LogP contribution in [-0.2, 0) is 6.54 Å². The van der Waals surface area contributed by atoms with Gasteiger partial charge in [0, 0.05) is 11.1 Å². The molecule has 1 heterocycles. The van der Waals surface area contributed by atoms with Crippen molar-refractivity contribution in [2.75, 3.05) is 5.32 Å². The van der Waals surface area contributed by atoms with Crippen molar-refractivity contribution in [3.05, 3.63) is 45.4 Å². The number of hydrogen-bond donors (Lipinski definition) is 1. The molecular formula is C10H7ClF2N2S. The van der Waals surface area contributed by atoms with Gasteiger partial charge >= 0.3 is 0 Å². The first kappa shape index (κ1) is 11.3. The molecule has 0 saturated heterocycles. The predicted octanol–water partition coefficient (Wildman–Crippen LogP) is 3.69. The molecule has 2 nitrogen and oxygen atoms in total. The zero-order valence-corrected chi connectivity index (χ0v) is 9.58. The number of aromatic nitrogens is 1. The standard InChI is InChI=1S/C10H7ClF2N2S/c11-10-15-5-7(16-10)4-14-9-3-6(12)1-2-8(9)13/h1-3,5,14H,4H2. The molecule has 84 valence electrons. The summed E-state index contributed by atoms with van der Waals surface area (Å²) in [5.41, 5.74) is 0.129. The van der Waals surface area contributed by atoms with Crippen molar-refractivity contribution in [3.8, 4) is 0 Å². The van der Waals surface area contributed by atoms with E-state index in [1.54, 1.807) is 6.20 Å². The fourth-order valence-corrected chi connectivity index (χ4v) is 2.10. The maximum atomic E-state index is 13.2. The van der Waals surface area contributed by atoms with Crippen LogP contribution in [0.5, 0.6) is 0 Å². The van der Waals surface area contributed by atoms with Gasteiger partial charge in [-0.05, 0) is 18.2 Å². The summed E-state index contributed by atoms with van der Waals surface area (Å²) in [6, 6.07) is 3.26. The Kier molecular flexibility index (Phi) is 3.36. The number of rotatable bonds is 3. The predicted molar refractivity (Wildman–Crippen MR) is 60.8 cm³/mol. The van der Waals surface area contributed by atoms with Crippen LogP contribution in [0.3, 0.4) is 0 Å². The fourth-order valence-electron chi connectivity index (χ4n) is 1.18. The van der Waals surface area contributed by atoms with Crippen molar-refractivity contribution in [2.24, 2.45) is 0 Å². The number of nitrogens with zero attached hydrogens (tertiary/aromatic N) is 1. The topological polar surface area (TPSA) is 24.9 Å². The molecule has 6 heteroatoms. The number of hydrogen-bond acceptors (Lipinski definition) is 3. The highest BCUT2D eigenvalue weighted by Gasteiger charge is 2.04. The van der Waals surface area contributed by atoms with Gasteiger partial charge in [0.25, 0.3) is 0 Å². The average molecular weight is 261 g/mol. The molecule has 0 aliphatic carbocycles. The Bertz CT molecular complexity index is 501. The van der Waals surface area contributed by atoms with Gasteiger partial charge in [-0.15, -0.1) is 11.3 Å². The van der Waals surface area contributed by atoms with E-state index in [-0.39, 0.29) is 5.69 Å². The molecule has 1 aromatic carbocycles. The van der Waals surface area contributed by atoms with Crippen molar-refractivity contribution >= 4 is 28.6 Å². The molecule has 1 aromatic heterocycles. The number of benzene rings is 1. The lowest BCUT2D eigenvalue weighted by Gasteiger charge is -2.05. The lowest BCUT2D eigenvalue weighted by molar-refractivity contribution is 0.602. The second-order valence-electron chi connectivity index (χ2n) is 3.06. The van der Waals surface area contributed by atoms with Crippen LogP contribution in [0.25, 0.3) is 0 Å². The molecule has 16 heavy (non-hydrogen) atoms. The molecule has 0 amide bonds. The highest BCUT2D eigenvalue weighted by atomic mass is 35.5. The smallest absolute Gasteiger partial charge is 0.183 e. The SMILES string of the molecule is Fc1ccc(F)c(NCc2cnc(Cl)s2)c1. The molecule has 0 fully saturated rings. The van der Waals surface area contributed by atoms with Gasteiger partial charge in [0.15, 0.2) is 4.47 Å². The largest absolute Gasteiger partial charge is 0.378 e. The molecular weight excluding hydrogens is 254 g/mol. The van der Waals surface area contributed by atoms with E-state index >= 15 is 0 Å². The lowest BCUT2D eigenvalue weighted by atomic mass is 10.3. The van der Waals surface area contributed by atoms with E-state index in [0.29, 0.717) is 11.0 Å². The average Bonchev–Trinajstić information content (AvgIpc) is 2.66. The Hall–Kier alpha value is -1.20. The Balaban J connectivity index is 2.07. The number of nitrogens with one attached hydrogen (secondary N) is 1. The summed E-state index contributed by atoms with van der Waals surface area (Å²) in [7, 11) is 0. The van der Waals surface area contributed by atoms with Crippen molar-refractivity contribution in [1.29, 1.82) is 0 Å². The Morgan fingerprint density at radius 1 is 1.38 bits per heavy atom. The Morgan fingerprint density at radius 3 is 2.88 bits per heavy atom. The van der Waals surface area contributed by atoms with Crippen LogP contribution < -0.4 is 5.32 Å². The first-order valence-electron chi connectivity index (χ1n) is 4.44. The second kappa shape index (κ2) is 4.76. The first-order chi connectivity index (χ1) is 7.65. The number of anilines is 1. The van der Waals surface area contributed by atoms with Crippen LogP contribution in [0, 0.1) is 11.6 Å². The third kappa shape index (κ3) is 2.68. The monoisotopic (exact) mass is 260 g/mol. The van der Waals surface area contributed by atoms with Crippen molar-refractivity contribution < 1.29 is 8.78 Å². The third-order valence-corrected chi connectivity index (χ3v) is 3.02. The molecule has 0 unspecified atom stereocenters. The van der Waals surface area contributed by atoms with Crippen LogP contribution in [0.4, 0.5) is 14.5 Å². The minimum atomic E-state index is -0.489. The van der Waals surface area contributed by atoms with Gasteiger partial charge in [-0.25, -0.2) is 13.8 Å². The quantitative estimate of drug-likeness (QED) is 0.910. The molecule has 0 radical (unpaired) electrons. The van der Waals surface area contributed by atoms with Gasteiger partial charge in [-0.1, -0.05) is 11.6 Å². The molecule has 1 N–H and O–H groups in total. The molecule has 0 spiro atoms. The van der Waals surface area contributed by atoms with Gasteiger partial charge in [-0.3, -0.25) is 0 Å². The fraction of sp³-hybridized carbons (Fsp3) is 0.100. The van der Waals surface area contributed by atoms with Crippen LogP contribution in [0.2, 0.25) is 4.47 Å². The molecule has 0 bridgehead atoms. The first-order valence-corrected chi connectivity index (χ1v) is 5.64. The van der Waals surface area contributed by atoms with Crippen LogP contribution in [-0.4, -0.2) is 4.98 Å². The minimum Gasteiger partial charge on any atom is -0.378 e. The van der Waals surface area contributed by atoms with E-state index < -0.39 is 11.6 Å². The maximum absolute atomic E-state index is 13.2. The van der Waals surface area contributed by atoms with Crippen molar-refractivity contribution in [1.82, 2.24) is 4.98 Å². The summed E-state index contributed by atoms with van der Waals surface area (Å²) in [5.74, 6) is -0.969. The van der Waals surface area contributed by atoms with E-state index in [1.807, 2.05) is 0 Å². The zero-order valence-electron chi connectivity index (χ0n) is 8.01. The number of thiazole rings is 1. The summed E-state index contributed by atoms with van der Waals surface area (Å²) in [6.07, 6.45) is 1.59. The van der Waals surface area contributed by atoms with Crippen molar-refractivity contribution in [2.45, 2.75) is 6.54 Å². The summed E-state index contributed by atoms with van der Waals surface area (Å²) < 4.78 is 26.5. The van der Waals surface area contributed by atoms with E-state index in [1.165, 1.54) is 11.3 Å². The summed E-state index contributed by atoms with van der Waals surface area (Å²) in [5, 5.41) is 2.78. The Morgan fingerprint density at radius 2 is 2.19 bits per heavy atom. The van der Waals surface area contributed by atoms with E-state index in [4.69, 9.17) is 11.6 Å². The van der Waals surface area contributed by atoms with Gasteiger partial charge in [0.05, 0.1) is 12.2 Å². The minimum absolute atomic E-state index is 0.129. The molecule has 0 atom stereocenters. The Labute approximate surface area is 99.9 Å². The van der Waals surface area contributed by atoms with E-state index in [9.17, 15) is 8.78 Å². The van der Waals surface area contributed by atoms with Gasteiger partial charge < -0.3 is 5.32 Å². The van der Waals surface area contributed by atoms with Gasteiger partial charge in [0.1, 0.15) is 11.6 Å². The molecule has 2 rings (SSSR count). The third-order valence-electron chi connectivity index (χ3n) is 1.91. The molecule has 0 aliphatic rings. The second-order valence-corrected chi connectivity index (χ2v) is 4.75. The van der Waals surface area contributed by atoms with Gasteiger partial charge in [0.2, 0.25) is 0 Å². The summed E-state index contributed by atoms with van der Waals surface area (Å²) in [4.78, 5) is 4.70. The molecule has 0 saturated carbocycles. The van der Waals surface area contributed by atoms with Gasteiger partial charge in [-0.2, -0.15) is 0 Å². The summed E-state index contributed by atoms with van der Waals surface area (Å²) in [6.45, 7) is 0.366. The summed E-state index contributed by atoms with van der Waals surface area (Å²) >= 11 is 6.94.